The second kappa shape index (κ2) is 16.7. The van der Waals surface area contributed by atoms with Crippen molar-refractivity contribution in [3.05, 3.63) is 164 Å². The average Bonchev–Trinajstić information content (AvgIpc) is 3.60. The van der Waals surface area contributed by atoms with Gasteiger partial charge in [0.1, 0.15) is 5.56 Å². The van der Waals surface area contributed by atoms with E-state index in [4.69, 9.17) is 9.47 Å². The first-order valence-corrected chi connectivity index (χ1v) is 19.0. The highest BCUT2D eigenvalue weighted by atomic mass is 19.2. The van der Waals surface area contributed by atoms with Crippen molar-refractivity contribution >= 4 is 16.9 Å². The number of para-hydroxylation sites is 2. The highest BCUT2D eigenvalue weighted by Gasteiger charge is 2.35. The van der Waals surface area contributed by atoms with Crippen LogP contribution in [0.3, 0.4) is 0 Å². The van der Waals surface area contributed by atoms with Gasteiger partial charge in [-0.15, -0.1) is 0 Å². The number of halogens is 5. The van der Waals surface area contributed by atoms with Crippen molar-refractivity contribution in [1.82, 2.24) is 19.8 Å². The molecule has 3 N–H and O–H groups in total. The number of aromatic amines is 1. The molecule has 0 saturated carbocycles. The largest absolute Gasteiger partial charge is 0.392 e. The number of aliphatic hydroxyl groups is 1. The normalized spacial score (nSPS) is 19.1. The molecule has 0 aliphatic carbocycles. The summed E-state index contributed by atoms with van der Waals surface area (Å²) in [6.45, 7) is 1.89. The number of aromatic nitrogens is 2. The van der Waals surface area contributed by atoms with E-state index in [0.717, 1.165) is 59.2 Å². The van der Waals surface area contributed by atoms with Gasteiger partial charge in [-0.2, -0.15) is 0 Å². The molecule has 8 rings (SSSR count). The Morgan fingerprint density at radius 2 is 1.41 bits per heavy atom. The number of amides is 1. The monoisotopic (exact) mass is 798 g/mol. The van der Waals surface area contributed by atoms with Crippen LogP contribution in [0.2, 0.25) is 0 Å². The van der Waals surface area contributed by atoms with Crippen molar-refractivity contribution in [2.75, 3.05) is 19.6 Å². The van der Waals surface area contributed by atoms with Crippen molar-refractivity contribution in [3.8, 4) is 11.1 Å². The van der Waals surface area contributed by atoms with E-state index in [0.29, 0.717) is 24.1 Å². The van der Waals surface area contributed by atoms with Crippen LogP contribution in [0, 0.1) is 29.1 Å². The van der Waals surface area contributed by atoms with Crippen molar-refractivity contribution in [2.45, 2.75) is 57.0 Å². The topological polar surface area (TPSA) is 109 Å². The van der Waals surface area contributed by atoms with Crippen LogP contribution < -0.4 is 11.0 Å². The maximum absolute atomic E-state index is 14.3. The Labute approximate surface area is 329 Å². The zero-order chi connectivity index (χ0) is 40.5. The van der Waals surface area contributed by atoms with E-state index in [-0.39, 0.29) is 37.1 Å². The fraction of sp³-hybridized carbons (Fsp3) is 0.273. The SMILES string of the molecule is O=C(NCc1ccccc1-c1ccc(C2OC(CN3CCC(n4c(=O)[nH]c5ccccc54)CC3)CC(c3ccc(CO)cc3)O2)cc1)c1c(F)c(F)c(F)c(F)c1F. The zero-order valence-electron chi connectivity index (χ0n) is 31.1. The van der Waals surface area contributed by atoms with Crippen LogP contribution in [0.25, 0.3) is 22.2 Å². The summed E-state index contributed by atoms with van der Waals surface area (Å²) in [5, 5.41) is 11.9. The molecule has 3 heterocycles. The number of nitrogens with zero attached hydrogens (tertiary/aromatic N) is 2. The number of imidazole rings is 1. The molecule has 2 aliphatic heterocycles. The third-order valence-electron chi connectivity index (χ3n) is 11.0. The number of nitrogens with one attached hydrogen (secondary N) is 2. The number of carbonyl (C=O) groups is 1. The number of ether oxygens (including phenoxy) is 2. The van der Waals surface area contributed by atoms with Crippen LogP contribution in [0.15, 0.2) is 102 Å². The molecule has 3 unspecified atom stereocenters. The molecule has 1 aromatic heterocycles. The number of piperidine rings is 1. The summed E-state index contributed by atoms with van der Waals surface area (Å²) in [6, 6.07) is 29.8. The molecule has 2 aliphatic rings. The van der Waals surface area contributed by atoms with Gasteiger partial charge < -0.3 is 29.8 Å². The molecule has 0 bridgehead atoms. The van der Waals surface area contributed by atoms with Crippen LogP contribution in [0.5, 0.6) is 0 Å². The van der Waals surface area contributed by atoms with Gasteiger partial charge in [-0.05, 0) is 52.8 Å². The molecule has 5 aromatic carbocycles. The molecule has 0 spiro atoms. The molecular formula is C44H39F5N4O5. The van der Waals surface area contributed by atoms with E-state index in [2.05, 4.69) is 15.2 Å². The minimum absolute atomic E-state index is 0.0754. The number of rotatable bonds is 10. The number of hydrogen-bond acceptors (Lipinski definition) is 6. The Kier molecular flexibility index (Phi) is 11.3. The molecule has 2 saturated heterocycles. The molecule has 3 atom stereocenters. The predicted molar refractivity (Wildman–Crippen MR) is 205 cm³/mol. The Bertz CT molecular complexity index is 2470. The zero-order valence-corrected chi connectivity index (χ0v) is 31.1. The molecule has 1 amide bonds. The van der Waals surface area contributed by atoms with Crippen LogP contribution in [0.4, 0.5) is 22.0 Å². The van der Waals surface area contributed by atoms with Gasteiger partial charge in [-0.1, -0.05) is 84.9 Å². The molecule has 0 radical (unpaired) electrons. The Balaban J connectivity index is 0.975. The minimum atomic E-state index is -2.34. The van der Waals surface area contributed by atoms with Crippen LogP contribution in [-0.4, -0.2) is 51.2 Å². The number of aliphatic hydroxyl groups excluding tert-OH is 1. The third-order valence-corrected chi connectivity index (χ3v) is 11.0. The lowest BCUT2D eigenvalue weighted by molar-refractivity contribution is -0.253. The number of fused-ring (bicyclic) bond motifs is 1. The maximum atomic E-state index is 14.3. The standard InChI is InChI=1S/C44H39F5N4O5/c45-37-36(38(46)40(48)41(49)39(37)47)42(55)50-22-29-5-1-2-6-32(29)26-13-15-28(16-14-26)43-57-31(21-35(58-43)27-11-9-25(24-54)10-12-27)23-52-19-17-30(18-20-52)53-34-8-4-3-7-33(34)51-44(53)56/h1-16,30-31,35,43,54H,17-24H2,(H,50,55)(H,51,56). The fourth-order valence-corrected chi connectivity index (χ4v) is 7.96. The van der Waals surface area contributed by atoms with E-state index >= 15 is 0 Å². The quantitative estimate of drug-likeness (QED) is 0.0737. The highest BCUT2D eigenvalue weighted by molar-refractivity contribution is 5.95. The molecule has 14 heteroatoms. The van der Waals surface area contributed by atoms with Gasteiger partial charge in [0, 0.05) is 44.2 Å². The van der Waals surface area contributed by atoms with Crippen LogP contribution in [-0.2, 0) is 22.6 Å². The van der Waals surface area contributed by atoms with Crippen LogP contribution >= 0.6 is 0 Å². The van der Waals surface area contributed by atoms with Crippen molar-refractivity contribution in [3.63, 3.8) is 0 Å². The predicted octanol–water partition coefficient (Wildman–Crippen LogP) is 8.00. The Hall–Kier alpha value is -5.67. The molecule has 2 fully saturated rings. The lowest BCUT2D eigenvalue weighted by atomic mass is 9.97. The molecule has 6 aromatic rings. The number of H-pyrrole nitrogens is 1. The maximum Gasteiger partial charge on any atom is 0.326 e. The number of likely N-dealkylation sites (tertiary alicyclic amines) is 1. The van der Waals surface area contributed by atoms with Gasteiger partial charge in [0.25, 0.3) is 5.91 Å². The van der Waals surface area contributed by atoms with Crippen molar-refractivity contribution < 1.29 is 41.3 Å². The number of hydrogen-bond donors (Lipinski definition) is 3. The minimum Gasteiger partial charge on any atom is -0.392 e. The number of carbonyl (C=O) groups excluding carboxylic acids is 1. The average molecular weight is 799 g/mol. The molecular weight excluding hydrogens is 759 g/mol. The highest BCUT2D eigenvalue weighted by Crippen LogP contribution is 2.39. The first-order valence-electron chi connectivity index (χ1n) is 19.0. The van der Waals surface area contributed by atoms with Gasteiger partial charge in [0.2, 0.25) is 5.82 Å². The van der Waals surface area contributed by atoms with Crippen LogP contribution in [0.1, 0.15) is 70.3 Å². The summed E-state index contributed by atoms with van der Waals surface area (Å²) in [4.78, 5) is 30.9. The van der Waals surface area contributed by atoms with Crippen molar-refractivity contribution in [1.29, 1.82) is 0 Å². The molecule has 300 valence electrons. The van der Waals surface area contributed by atoms with Gasteiger partial charge in [-0.3, -0.25) is 9.36 Å². The summed E-state index contributed by atoms with van der Waals surface area (Å²) in [7, 11) is 0. The fourth-order valence-electron chi connectivity index (χ4n) is 7.96. The summed E-state index contributed by atoms with van der Waals surface area (Å²) in [5.74, 6) is -12.6. The summed E-state index contributed by atoms with van der Waals surface area (Å²) < 4.78 is 84.7. The number of benzene rings is 5. The van der Waals surface area contributed by atoms with Gasteiger partial charge >= 0.3 is 5.69 Å². The Morgan fingerprint density at radius 3 is 2.12 bits per heavy atom. The molecule has 58 heavy (non-hydrogen) atoms. The first-order chi connectivity index (χ1) is 28.1. The lowest BCUT2D eigenvalue weighted by Gasteiger charge is -2.40. The summed E-state index contributed by atoms with van der Waals surface area (Å²) in [6.07, 6.45) is 0.984. The Morgan fingerprint density at radius 1 is 0.776 bits per heavy atom. The third kappa shape index (κ3) is 7.80. The first kappa shape index (κ1) is 39.2. The molecule has 9 nitrogen and oxygen atoms in total. The van der Waals surface area contributed by atoms with Gasteiger partial charge in [-0.25, -0.2) is 26.7 Å². The van der Waals surface area contributed by atoms with Crippen molar-refractivity contribution in [2.24, 2.45) is 0 Å². The van der Waals surface area contributed by atoms with Gasteiger partial charge in [0.05, 0.1) is 29.8 Å². The van der Waals surface area contributed by atoms with E-state index in [1.54, 1.807) is 24.3 Å². The second-order valence-corrected chi connectivity index (χ2v) is 14.6. The second-order valence-electron chi connectivity index (χ2n) is 14.6. The summed E-state index contributed by atoms with van der Waals surface area (Å²) >= 11 is 0. The lowest BCUT2D eigenvalue weighted by Crippen LogP contribution is -2.43. The smallest absolute Gasteiger partial charge is 0.326 e. The van der Waals surface area contributed by atoms with E-state index in [1.807, 2.05) is 77.4 Å². The van der Waals surface area contributed by atoms with E-state index in [9.17, 15) is 36.6 Å². The van der Waals surface area contributed by atoms with E-state index in [1.165, 1.54) is 0 Å². The van der Waals surface area contributed by atoms with E-state index < -0.39 is 46.8 Å². The van der Waals surface area contributed by atoms with Gasteiger partial charge in [0.15, 0.2) is 29.6 Å². The summed E-state index contributed by atoms with van der Waals surface area (Å²) in [5.41, 5.74) is 4.48.